The number of anilines is 1. The number of hydrogen-bond acceptors (Lipinski definition) is 6. The molecule has 1 atom stereocenters. The molecule has 11 heteroatoms. The molecule has 38 heavy (non-hydrogen) atoms. The lowest BCUT2D eigenvalue weighted by atomic mass is 9.86. The summed E-state index contributed by atoms with van der Waals surface area (Å²) in [7, 11) is 0. The van der Waals surface area contributed by atoms with E-state index >= 15 is 0 Å². The number of aryl methyl sites for hydroxylation is 1. The van der Waals surface area contributed by atoms with Crippen LogP contribution in [0.15, 0.2) is 53.3 Å². The van der Waals surface area contributed by atoms with Crippen molar-refractivity contribution in [1.29, 1.82) is 0 Å². The molecule has 4 aromatic rings. The summed E-state index contributed by atoms with van der Waals surface area (Å²) in [5, 5.41) is 10.2. The monoisotopic (exact) mass is 519 g/mol. The molecule has 0 aliphatic heterocycles. The average molecular weight is 520 g/mol. The van der Waals surface area contributed by atoms with Gasteiger partial charge in [-0.15, -0.1) is 0 Å². The maximum absolute atomic E-state index is 14.9. The van der Waals surface area contributed by atoms with Crippen molar-refractivity contribution in [3.05, 3.63) is 87.5 Å². The molecular formula is C27H30FN7O3. The normalized spacial score (nSPS) is 12.3. The van der Waals surface area contributed by atoms with Gasteiger partial charge in [-0.25, -0.2) is 9.37 Å². The maximum atomic E-state index is 14.9. The standard InChI is InChI=1S/C27H30FN7O3/c1-15-12-21(36)32-20(31-15)13-30-26(38)24(27(2,3)4)33-25(37)22-18-6-5-7-19(28)23(18)35(34-22)14-16-8-10-17(29)11-9-16/h5-12,24H,13-14,29H2,1-4H3,(H,30,38)(H,33,37)(H,31,32,36). The topological polar surface area (TPSA) is 148 Å². The molecule has 10 nitrogen and oxygen atoms in total. The van der Waals surface area contributed by atoms with Crippen LogP contribution in [0.2, 0.25) is 0 Å². The minimum Gasteiger partial charge on any atom is -0.399 e. The third-order valence-corrected chi connectivity index (χ3v) is 6.00. The van der Waals surface area contributed by atoms with Gasteiger partial charge in [-0.2, -0.15) is 5.10 Å². The van der Waals surface area contributed by atoms with E-state index in [4.69, 9.17) is 5.73 Å². The van der Waals surface area contributed by atoms with Gasteiger partial charge in [0.25, 0.3) is 11.5 Å². The van der Waals surface area contributed by atoms with Crippen LogP contribution in [0.5, 0.6) is 0 Å². The molecule has 0 saturated carbocycles. The second-order valence-electron chi connectivity index (χ2n) is 10.2. The van der Waals surface area contributed by atoms with Crippen molar-refractivity contribution in [3.63, 3.8) is 0 Å². The van der Waals surface area contributed by atoms with Gasteiger partial charge in [0.05, 0.1) is 13.1 Å². The van der Waals surface area contributed by atoms with E-state index in [2.05, 4.69) is 25.7 Å². The molecule has 198 valence electrons. The first-order valence-corrected chi connectivity index (χ1v) is 12.1. The number of carbonyl (C=O) groups excluding carboxylic acids is 2. The SMILES string of the molecule is Cc1cc(=O)[nH]c(CNC(=O)C(NC(=O)c2nn(Cc3ccc(N)cc3)c3c(F)cccc23)C(C)(C)C)n1. The first-order valence-electron chi connectivity index (χ1n) is 12.1. The number of aromatic nitrogens is 4. The van der Waals surface area contributed by atoms with Crippen molar-refractivity contribution in [3.8, 4) is 0 Å². The van der Waals surface area contributed by atoms with E-state index in [1.807, 2.05) is 20.8 Å². The summed E-state index contributed by atoms with van der Waals surface area (Å²) in [6.07, 6.45) is 0. The molecule has 4 rings (SSSR count). The van der Waals surface area contributed by atoms with E-state index < -0.39 is 29.1 Å². The number of nitrogens with two attached hydrogens (primary N) is 1. The summed E-state index contributed by atoms with van der Waals surface area (Å²) in [6, 6.07) is 11.9. The predicted molar refractivity (Wildman–Crippen MR) is 142 cm³/mol. The van der Waals surface area contributed by atoms with Gasteiger partial charge < -0.3 is 21.4 Å². The zero-order valence-corrected chi connectivity index (χ0v) is 21.6. The Kier molecular flexibility index (Phi) is 7.29. The molecule has 0 radical (unpaired) electrons. The van der Waals surface area contributed by atoms with Crippen molar-refractivity contribution in [1.82, 2.24) is 30.4 Å². The van der Waals surface area contributed by atoms with Crippen LogP contribution in [0.3, 0.4) is 0 Å². The quantitative estimate of drug-likeness (QED) is 0.276. The Morgan fingerprint density at radius 2 is 1.87 bits per heavy atom. The van der Waals surface area contributed by atoms with Gasteiger partial charge in [0, 0.05) is 22.8 Å². The third-order valence-electron chi connectivity index (χ3n) is 6.00. The van der Waals surface area contributed by atoms with Crippen LogP contribution in [0.1, 0.15) is 48.3 Å². The van der Waals surface area contributed by atoms with Crippen LogP contribution in [0, 0.1) is 18.2 Å². The summed E-state index contributed by atoms with van der Waals surface area (Å²) >= 11 is 0. The third kappa shape index (κ3) is 5.88. The number of amides is 2. The highest BCUT2D eigenvalue weighted by Crippen LogP contribution is 2.25. The number of fused-ring (bicyclic) bond motifs is 1. The average Bonchev–Trinajstić information content (AvgIpc) is 3.20. The Morgan fingerprint density at radius 3 is 2.53 bits per heavy atom. The number of carbonyl (C=O) groups is 2. The molecule has 0 saturated heterocycles. The second kappa shape index (κ2) is 10.4. The lowest BCUT2D eigenvalue weighted by Gasteiger charge is -2.30. The van der Waals surface area contributed by atoms with Crippen molar-refractivity contribution in [2.24, 2.45) is 5.41 Å². The number of H-pyrrole nitrogens is 1. The number of nitrogens with one attached hydrogen (secondary N) is 3. The molecule has 0 aliphatic carbocycles. The zero-order valence-electron chi connectivity index (χ0n) is 21.6. The van der Waals surface area contributed by atoms with E-state index in [9.17, 15) is 18.8 Å². The highest BCUT2D eigenvalue weighted by atomic mass is 19.1. The van der Waals surface area contributed by atoms with E-state index in [-0.39, 0.29) is 29.9 Å². The Labute approximate surface area is 218 Å². The molecule has 1 unspecified atom stereocenters. The van der Waals surface area contributed by atoms with Gasteiger partial charge in [0.2, 0.25) is 5.91 Å². The fourth-order valence-electron chi connectivity index (χ4n) is 4.14. The van der Waals surface area contributed by atoms with Gasteiger partial charge in [-0.05, 0) is 36.1 Å². The van der Waals surface area contributed by atoms with Crippen molar-refractivity contribution in [2.75, 3.05) is 5.73 Å². The fraction of sp³-hybridized carbons (Fsp3) is 0.296. The van der Waals surface area contributed by atoms with Gasteiger partial charge in [0.15, 0.2) is 5.69 Å². The number of benzene rings is 2. The molecule has 0 aliphatic rings. The minimum absolute atomic E-state index is 0.00155. The van der Waals surface area contributed by atoms with Gasteiger partial charge in [0.1, 0.15) is 23.2 Å². The van der Waals surface area contributed by atoms with Crippen LogP contribution < -0.4 is 21.9 Å². The molecule has 2 amide bonds. The first kappa shape index (κ1) is 26.5. The van der Waals surface area contributed by atoms with E-state index in [0.717, 1.165) is 5.56 Å². The molecular weight excluding hydrogens is 489 g/mol. The molecule has 0 spiro atoms. The molecule has 2 aromatic carbocycles. The first-order chi connectivity index (χ1) is 17.9. The van der Waals surface area contributed by atoms with E-state index in [1.54, 1.807) is 37.3 Å². The minimum atomic E-state index is -0.961. The zero-order chi connectivity index (χ0) is 27.6. The number of hydrogen-bond donors (Lipinski definition) is 4. The highest BCUT2D eigenvalue weighted by Gasteiger charge is 2.34. The molecule has 0 fully saturated rings. The van der Waals surface area contributed by atoms with Crippen LogP contribution in [0.4, 0.5) is 10.1 Å². The molecule has 2 aromatic heterocycles. The highest BCUT2D eigenvalue weighted by molar-refractivity contribution is 6.06. The summed E-state index contributed by atoms with van der Waals surface area (Å²) in [6.45, 7) is 7.29. The lowest BCUT2D eigenvalue weighted by molar-refractivity contribution is -0.125. The Hall–Kier alpha value is -4.54. The molecule has 2 heterocycles. The number of rotatable bonds is 7. The Balaban J connectivity index is 1.60. The number of nitrogen functional groups attached to an aromatic ring is 1. The molecule has 5 N–H and O–H groups in total. The molecule has 0 bridgehead atoms. The van der Waals surface area contributed by atoms with Gasteiger partial charge >= 0.3 is 0 Å². The number of halogens is 1. The number of aromatic amines is 1. The Morgan fingerprint density at radius 1 is 1.16 bits per heavy atom. The predicted octanol–water partition coefficient (Wildman–Crippen LogP) is 2.66. The summed E-state index contributed by atoms with van der Waals surface area (Å²) < 4.78 is 16.3. The number of nitrogens with zero attached hydrogens (tertiary/aromatic N) is 3. The Bertz CT molecular complexity index is 1550. The van der Waals surface area contributed by atoms with Gasteiger partial charge in [-0.3, -0.25) is 19.1 Å². The van der Waals surface area contributed by atoms with E-state index in [0.29, 0.717) is 22.6 Å². The van der Waals surface area contributed by atoms with Crippen LogP contribution >= 0.6 is 0 Å². The van der Waals surface area contributed by atoms with Crippen LogP contribution in [-0.4, -0.2) is 37.6 Å². The number of para-hydroxylation sites is 1. The van der Waals surface area contributed by atoms with Crippen molar-refractivity contribution < 1.29 is 14.0 Å². The second-order valence-corrected chi connectivity index (χ2v) is 10.2. The van der Waals surface area contributed by atoms with Crippen LogP contribution in [-0.2, 0) is 17.9 Å². The largest absolute Gasteiger partial charge is 0.399 e. The van der Waals surface area contributed by atoms with Gasteiger partial charge in [-0.1, -0.05) is 45.0 Å². The van der Waals surface area contributed by atoms with Crippen LogP contribution in [0.25, 0.3) is 10.9 Å². The smallest absolute Gasteiger partial charge is 0.273 e. The van der Waals surface area contributed by atoms with Crippen molar-refractivity contribution in [2.45, 2.75) is 46.8 Å². The lowest BCUT2D eigenvalue weighted by Crippen LogP contribution is -2.53. The maximum Gasteiger partial charge on any atom is 0.273 e. The van der Waals surface area contributed by atoms with E-state index in [1.165, 1.54) is 22.9 Å². The summed E-state index contributed by atoms with van der Waals surface area (Å²) in [5.74, 6) is -1.31. The summed E-state index contributed by atoms with van der Waals surface area (Å²) in [4.78, 5) is 45.1. The van der Waals surface area contributed by atoms with Crippen molar-refractivity contribution >= 4 is 28.4 Å². The summed E-state index contributed by atoms with van der Waals surface area (Å²) in [5.41, 5.74) is 6.89. The fourth-order valence-corrected chi connectivity index (χ4v) is 4.14.